The molecule has 0 aliphatic carbocycles. The second kappa shape index (κ2) is 10.1. The molecule has 1 aliphatic rings. The lowest BCUT2D eigenvalue weighted by Gasteiger charge is -2.19. The Morgan fingerprint density at radius 2 is 1.73 bits per heavy atom. The molecular formula is C24H26N4O4S. The number of anilines is 1. The van der Waals surface area contributed by atoms with Gasteiger partial charge in [-0.25, -0.2) is 8.42 Å². The number of sulfonamides is 1. The van der Waals surface area contributed by atoms with Crippen molar-refractivity contribution in [3.8, 4) is 23.3 Å². The van der Waals surface area contributed by atoms with Crippen molar-refractivity contribution < 1.29 is 17.6 Å². The Bertz CT molecular complexity index is 1220. The number of nitrogens with one attached hydrogen (secondary N) is 1. The van der Waals surface area contributed by atoms with E-state index in [0.717, 1.165) is 37.0 Å². The molecule has 0 amide bonds. The molecule has 0 atom stereocenters. The van der Waals surface area contributed by atoms with Gasteiger partial charge >= 0.3 is 0 Å². The van der Waals surface area contributed by atoms with Gasteiger partial charge in [0.1, 0.15) is 11.8 Å². The summed E-state index contributed by atoms with van der Waals surface area (Å²) >= 11 is 0. The van der Waals surface area contributed by atoms with Gasteiger partial charge in [-0.05, 0) is 54.8 Å². The fourth-order valence-electron chi connectivity index (χ4n) is 3.77. The predicted octanol–water partition coefficient (Wildman–Crippen LogP) is 4.40. The Kier molecular flexibility index (Phi) is 6.96. The van der Waals surface area contributed by atoms with Crippen molar-refractivity contribution in [3.63, 3.8) is 0 Å². The molecule has 2 aromatic carbocycles. The number of hydrogen-bond donors (Lipinski definition) is 1. The monoisotopic (exact) mass is 466 g/mol. The number of nitriles is 1. The molecule has 2 heterocycles. The number of aromatic nitrogens is 1. The quantitative estimate of drug-likeness (QED) is 0.550. The van der Waals surface area contributed by atoms with Crippen LogP contribution in [-0.2, 0) is 16.6 Å². The number of nitrogens with zero attached hydrogens (tertiary/aromatic N) is 3. The minimum absolute atomic E-state index is 0.139. The van der Waals surface area contributed by atoms with E-state index in [0.29, 0.717) is 25.2 Å². The molecule has 9 heteroatoms. The third-order valence-corrected chi connectivity index (χ3v) is 7.56. The Balaban J connectivity index is 1.49. The van der Waals surface area contributed by atoms with Crippen molar-refractivity contribution in [2.45, 2.75) is 37.1 Å². The van der Waals surface area contributed by atoms with Crippen LogP contribution in [0, 0.1) is 11.3 Å². The maximum absolute atomic E-state index is 13.0. The first-order valence-corrected chi connectivity index (χ1v) is 12.3. The summed E-state index contributed by atoms with van der Waals surface area (Å²) in [6, 6.07) is 16.0. The van der Waals surface area contributed by atoms with Crippen molar-refractivity contribution in [2.24, 2.45) is 0 Å². The van der Waals surface area contributed by atoms with Crippen LogP contribution >= 0.6 is 0 Å². The second-order valence-electron chi connectivity index (χ2n) is 7.85. The molecule has 1 aromatic heterocycles. The van der Waals surface area contributed by atoms with E-state index in [1.807, 2.05) is 30.3 Å². The van der Waals surface area contributed by atoms with Gasteiger partial charge in [0.15, 0.2) is 0 Å². The Morgan fingerprint density at radius 3 is 2.33 bits per heavy atom. The molecule has 172 valence electrons. The second-order valence-corrected chi connectivity index (χ2v) is 9.79. The maximum atomic E-state index is 13.0. The molecule has 33 heavy (non-hydrogen) atoms. The van der Waals surface area contributed by atoms with Crippen LogP contribution < -0.4 is 10.1 Å². The van der Waals surface area contributed by atoms with Gasteiger partial charge in [-0.2, -0.15) is 14.6 Å². The summed E-state index contributed by atoms with van der Waals surface area (Å²) in [4.78, 5) is 4.51. The van der Waals surface area contributed by atoms with Crippen LogP contribution in [0.5, 0.6) is 5.75 Å². The molecule has 4 rings (SSSR count). The lowest BCUT2D eigenvalue weighted by Crippen LogP contribution is -2.31. The van der Waals surface area contributed by atoms with E-state index in [-0.39, 0.29) is 22.4 Å². The summed E-state index contributed by atoms with van der Waals surface area (Å²) in [5.74, 6) is 1.28. The van der Waals surface area contributed by atoms with E-state index >= 15 is 0 Å². The zero-order valence-electron chi connectivity index (χ0n) is 18.5. The number of methoxy groups -OCH3 is 1. The van der Waals surface area contributed by atoms with Gasteiger partial charge in [0.05, 0.1) is 12.0 Å². The molecular weight excluding hydrogens is 440 g/mol. The van der Waals surface area contributed by atoms with Crippen molar-refractivity contribution >= 4 is 15.9 Å². The van der Waals surface area contributed by atoms with Gasteiger partial charge in [0.25, 0.3) is 0 Å². The molecule has 1 fully saturated rings. The van der Waals surface area contributed by atoms with Crippen molar-refractivity contribution in [1.29, 1.82) is 5.26 Å². The minimum Gasteiger partial charge on any atom is -0.497 e. The first-order valence-electron chi connectivity index (χ1n) is 10.9. The highest BCUT2D eigenvalue weighted by Crippen LogP contribution is 2.28. The standard InChI is InChI=1S/C24H26N4O4S/c1-31-20-10-6-18(7-11-20)17-26-24-22(16-25)27-23(32-24)19-8-12-21(13-9-19)33(29,30)28-14-4-2-3-5-15-28/h6-13,26H,2-5,14-15,17H2,1H3. The molecule has 0 saturated carbocycles. The van der Waals surface area contributed by atoms with E-state index in [9.17, 15) is 13.7 Å². The molecule has 3 aromatic rings. The van der Waals surface area contributed by atoms with Gasteiger partial charge in [0, 0.05) is 25.2 Å². The van der Waals surface area contributed by atoms with Crippen molar-refractivity contribution in [1.82, 2.24) is 9.29 Å². The van der Waals surface area contributed by atoms with Crippen LogP contribution in [-0.4, -0.2) is 37.9 Å². The smallest absolute Gasteiger partial charge is 0.243 e. The third-order valence-electron chi connectivity index (χ3n) is 5.65. The van der Waals surface area contributed by atoms with Gasteiger partial charge in [-0.3, -0.25) is 0 Å². The topological polar surface area (TPSA) is 108 Å². The van der Waals surface area contributed by atoms with Gasteiger partial charge in [-0.15, -0.1) is 0 Å². The summed E-state index contributed by atoms with van der Waals surface area (Å²) in [7, 11) is -1.92. The molecule has 1 N–H and O–H groups in total. The summed E-state index contributed by atoms with van der Waals surface area (Å²) in [5.41, 5.74) is 1.72. The fourth-order valence-corrected chi connectivity index (χ4v) is 5.28. The van der Waals surface area contributed by atoms with Crippen LogP contribution in [0.4, 0.5) is 5.88 Å². The van der Waals surface area contributed by atoms with Crippen molar-refractivity contribution in [2.75, 3.05) is 25.5 Å². The first-order chi connectivity index (χ1) is 16.0. The highest BCUT2D eigenvalue weighted by Gasteiger charge is 2.25. The number of benzene rings is 2. The van der Waals surface area contributed by atoms with E-state index in [4.69, 9.17) is 9.15 Å². The predicted molar refractivity (Wildman–Crippen MR) is 124 cm³/mol. The lowest BCUT2D eigenvalue weighted by molar-refractivity contribution is 0.414. The molecule has 0 radical (unpaired) electrons. The fraction of sp³-hybridized carbons (Fsp3) is 0.333. The highest BCUT2D eigenvalue weighted by atomic mass is 32.2. The molecule has 8 nitrogen and oxygen atoms in total. The van der Waals surface area contributed by atoms with Gasteiger partial charge in [-0.1, -0.05) is 25.0 Å². The van der Waals surface area contributed by atoms with E-state index < -0.39 is 10.0 Å². The molecule has 0 unspecified atom stereocenters. The summed E-state index contributed by atoms with van der Waals surface area (Å²) in [5, 5.41) is 12.5. The van der Waals surface area contributed by atoms with Crippen molar-refractivity contribution in [3.05, 3.63) is 59.8 Å². The van der Waals surface area contributed by atoms with Crippen LogP contribution in [0.2, 0.25) is 0 Å². The SMILES string of the molecule is COc1ccc(CNc2oc(-c3ccc(S(=O)(=O)N4CCCCCC4)cc3)nc2C#N)cc1. The Labute approximate surface area is 193 Å². The van der Waals surface area contributed by atoms with Crippen LogP contribution in [0.25, 0.3) is 11.5 Å². The Hall–Kier alpha value is -3.35. The summed E-state index contributed by atoms with van der Waals surface area (Å²) in [6.45, 7) is 1.55. The van der Waals surface area contributed by atoms with E-state index in [2.05, 4.69) is 10.3 Å². The van der Waals surface area contributed by atoms with Crippen LogP contribution in [0.1, 0.15) is 36.9 Å². The number of hydrogen-bond acceptors (Lipinski definition) is 7. The zero-order chi connectivity index (χ0) is 23.3. The Morgan fingerprint density at radius 1 is 1.06 bits per heavy atom. The third kappa shape index (κ3) is 5.18. The van der Waals surface area contributed by atoms with Gasteiger partial charge in [0.2, 0.25) is 27.5 Å². The maximum Gasteiger partial charge on any atom is 0.243 e. The highest BCUT2D eigenvalue weighted by molar-refractivity contribution is 7.89. The largest absolute Gasteiger partial charge is 0.497 e. The normalized spacial score (nSPS) is 14.9. The zero-order valence-corrected chi connectivity index (χ0v) is 19.3. The molecule has 0 spiro atoms. The van der Waals surface area contributed by atoms with Crippen LogP contribution in [0.15, 0.2) is 57.8 Å². The number of ether oxygens (including phenoxy) is 1. The van der Waals surface area contributed by atoms with Crippen LogP contribution in [0.3, 0.4) is 0 Å². The molecule has 0 bridgehead atoms. The van der Waals surface area contributed by atoms with E-state index in [1.54, 1.807) is 35.7 Å². The summed E-state index contributed by atoms with van der Waals surface area (Å²) < 4.78 is 38.5. The minimum atomic E-state index is -3.53. The van der Waals surface area contributed by atoms with Gasteiger partial charge < -0.3 is 14.5 Å². The summed E-state index contributed by atoms with van der Waals surface area (Å²) in [6.07, 6.45) is 3.89. The number of oxazole rings is 1. The average molecular weight is 467 g/mol. The lowest BCUT2D eigenvalue weighted by atomic mass is 10.2. The molecule has 1 aliphatic heterocycles. The number of rotatable bonds is 7. The molecule has 1 saturated heterocycles. The average Bonchev–Trinajstić information content (AvgIpc) is 3.06. The van der Waals surface area contributed by atoms with E-state index in [1.165, 1.54) is 0 Å². The first kappa shape index (κ1) is 22.8.